The smallest absolute Gasteiger partial charge is 0.316 e. The zero-order chi connectivity index (χ0) is 14.7. The van der Waals surface area contributed by atoms with E-state index in [1.807, 2.05) is 36.7 Å². The van der Waals surface area contributed by atoms with Crippen LogP contribution < -0.4 is 0 Å². The van der Waals surface area contributed by atoms with E-state index in [4.69, 9.17) is 4.74 Å². The van der Waals surface area contributed by atoms with E-state index in [2.05, 4.69) is 27.8 Å². The Morgan fingerprint density at radius 3 is 2.85 bits per heavy atom. The molecule has 0 saturated carbocycles. The summed E-state index contributed by atoms with van der Waals surface area (Å²) in [4.78, 5) is 16.8. The topological polar surface area (TPSA) is 44.1 Å². The van der Waals surface area contributed by atoms with Crippen LogP contribution in [0.15, 0.2) is 22.7 Å². The number of carbonyl (C=O) groups excluding carboxylic acids is 1. The fraction of sp³-hybridized carbons (Fsp3) is 0.467. The summed E-state index contributed by atoms with van der Waals surface area (Å²) < 4.78 is 8.15. The van der Waals surface area contributed by atoms with Gasteiger partial charge in [-0.05, 0) is 31.5 Å². The quantitative estimate of drug-likeness (QED) is 0.779. The average molecular weight is 339 g/mol. The van der Waals surface area contributed by atoms with Gasteiger partial charge in [0.1, 0.15) is 11.7 Å². The van der Waals surface area contributed by atoms with Gasteiger partial charge in [0.05, 0.1) is 17.6 Å². The maximum Gasteiger partial charge on any atom is 0.316 e. The SMILES string of the molecule is CCCC(C(=O)OCC)c1nc2cc(Br)ccc2n1C. The van der Waals surface area contributed by atoms with E-state index in [0.717, 1.165) is 34.2 Å². The van der Waals surface area contributed by atoms with Crippen LogP contribution in [0.25, 0.3) is 11.0 Å². The van der Waals surface area contributed by atoms with Crippen molar-refractivity contribution in [2.24, 2.45) is 7.05 Å². The molecule has 0 fully saturated rings. The van der Waals surface area contributed by atoms with E-state index in [0.29, 0.717) is 6.61 Å². The first-order valence-corrected chi connectivity index (χ1v) is 7.66. The predicted octanol–water partition coefficient (Wildman–Crippen LogP) is 3.78. The van der Waals surface area contributed by atoms with Crippen molar-refractivity contribution in [3.05, 3.63) is 28.5 Å². The Hall–Kier alpha value is -1.36. The molecular weight excluding hydrogens is 320 g/mol. The van der Waals surface area contributed by atoms with Crippen LogP contribution in [0.2, 0.25) is 0 Å². The number of hydrogen-bond donors (Lipinski definition) is 0. The molecule has 0 aliphatic heterocycles. The van der Waals surface area contributed by atoms with Gasteiger partial charge in [-0.25, -0.2) is 4.98 Å². The van der Waals surface area contributed by atoms with Gasteiger partial charge in [0.15, 0.2) is 0 Å². The summed E-state index contributed by atoms with van der Waals surface area (Å²) in [6.07, 6.45) is 1.66. The number of carbonyl (C=O) groups is 1. The number of hydrogen-bond acceptors (Lipinski definition) is 3. The summed E-state index contributed by atoms with van der Waals surface area (Å²) in [5, 5.41) is 0. The number of rotatable bonds is 5. The second kappa shape index (κ2) is 6.39. The highest BCUT2D eigenvalue weighted by molar-refractivity contribution is 9.10. The first-order valence-electron chi connectivity index (χ1n) is 6.87. The zero-order valence-corrected chi connectivity index (χ0v) is 13.6. The summed E-state index contributed by atoms with van der Waals surface area (Å²) in [6.45, 7) is 4.28. The fourth-order valence-corrected chi connectivity index (χ4v) is 2.74. The lowest BCUT2D eigenvalue weighted by Crippen LogP contribution is -2.19. The normalized spacial score (nSPS) is 12.6. The Bertz CT molecular complexity index is 622. The van der Waals surface area contributed by atoms with Crippen LogP contribution in [0.4, 0.5) is 0 Å². The molecule has 2 rings (SSSR count). The monoisotopic (exact) mass is 338 g/mol. The number of aryl methyl sites for hydroxylation is 1. The molecule has 0 bridgehead atoms. The number of imidazole rings is 1. The summed E-state index contributed by atoms with van der Waals surface area (Å²) >= 11 is 3.45. The van der Waals surface area contributed by atoms with E-state index >= 15 is 0 Å². The van der Waals surface area contributed by atoms with E-state index in [9.17, 15) is 4.79 Å². The lowest BCUT2D eigenvalue weighted by atomic mass is 10.0. The molecule has 0 aliphatic carbocycles. The molecule has 2 aromatic rings. The van der Waals surface area contributed by atoms with Crippen molar-refractivity contribution in [3.63, 3.8) is 0 Å². The van der Waals surface area contributed by atoms with E-state index in [1.54, 1.807) is 0 Å². The molecule has 5 heteroatoms. The minimum absolute atomic E-state index is 0.188. The highest BCUT2D eigenvalue weighted by Gasteiger charge is 2.26. The van der Waals surface area contributed by atoms with Crippen molar-refractivity contribution in [1.82, 2.24) is 9.55 Å². The van der Waals surface area contributed by atoms with Crippen LogP contribution in [0.3, 0.4) is 0 Å². The Morgan fingerprint density at radius 2 is 2.20 bits per heavy atom. The van der Waals surface area contributed by atoms with Crippen LogP contribution in [-0.4, -0.2) is 22.1 Å². The van der Waals surface area contributed by atoms with Crippen molar-refractivity contribution in [3.8, 4) is 0 Å². The Morgan fingerprint density at radius 1 is 1.45 bits per heavy atom. The largest absolute Gasteiger partial charge is 0.465 e. The predicted molar refractivity (Wildman–Crippen MR) is 82.7 cm³/mol. The second-order valence-electron chi connectivity index (χ2n) is 4.76. The molecule has 0 amide bonds. The zero-order valence-electron chi connectivity index (χ0n) is 12.0. The minimum Gasteiger partial charge on any atom is -0.465 e. The molecular formula is C15H19BrN2O2. The number of benzene rings is 1. The van der Waals surface area contributed by atoms with Crippen molar-refractivity contribution in [2.45, 2.75) is 32.6 Å². The average Bonchev–Trinajstić information content (AvgIpc) is 2.72. The van der Waals surface area contributed by atoms with Gasteiger partial charge < -0.3 is 9.30 Å². The maximum atomic E-state index is 12.1. The number of ether oxygens (including phenoxy) is 1. The number of fused-ring (bicyclic) bond motifs is 1. The minimum atomic E-state index is -0.295. The number of esters is 1. The van der Waals surface area contributed by atoms with Gasteiger partial charge in [-0.15, -0.1) is 0 Å². The Kier molecular flexibility index (Phi) is 4.81. The van der Waals surface area contributed by atoms with Crippen LogP contribution in [0.5, 0.6) is 0 Å². The van der Waals surface area contributed by atoms with Crippen molar-refractivity contribution < 1.29 is 9.53 Å². The molecule has 1 aromatic heterocycles. The Balaban J connectivity index is 2.47. The maximum absolute atomic E-state index is 12.1. The third-order valence-electron chi connectivity index (χ3n) is 3.34. The molecule has 0 saturated heterocycles. The third-order valence-corrected chi connectivity index (χ3v) is 3.83. The van der Waals surface area contributed by atoms with Gasteiger partial charge in [0.25, 0.3) is 0 Å². The first kappa shape index (κ1) is 15.0. The van der Waals surface area contributed by atoms with Gasteiger partial charge in [-0.2, -0.15) is 0 Å². The van der Waals surface area contributed by atoms with E-state index < -0.39 is 0 Å². The van der Waals surface area contributed by atoms with Gasteiger partial charge >= 0.3 is 5.97 Å². The molecule has 4 nitrogen and oxygen atoms in total. The molecule has 0 spiro atoms. The van der Waals surface area contributed by atoms with Crippen LogP contribution in [0, 0.1) is 0 Å². The highest BCUT2D eigenvalue weighted by Crippen LogP contribution is 2.27. The highest BCUT2D eigenvalue weighted by atomic mass is 79.9. The number of aromatic nitrogens is 2. The summed E-state index contributed by atoms with van der Waals surface area (Å²) in [5.41, 5.74) is 1.91. The van der Waals surface area contributed by atoms with Crippen LogP contribution in [-0.2, 0) is 16.6 Å². The number of nitrogens with zero attached hydrogens (tertiary/aromatic N) is 2. The molecule has 0 N–H and O–H groups in total. The van der Waals surface area contributed by atoms with Crippen LogP contribution >= 0.6 is 15.9 Å². The fourth-order valence-electron chi connectivity index (χ4n) is 2.39. The second-order valence-corrected chi connectivity index (χ2v) is 5.67. The van der Waals surface area contributed by atoms with Crippen LogP contribution in [0.1, 0.15) is 38.4 Å². The standard InChI is InChI=1S/C15H19BrN2O2/c1-4-6-11(15(19)20-5-2)14-17-12-9-10(16)7-8-13(12)18(14)3/h7-9,11H,4-6H2,1-3H3. The third kappa shape index (κ3) is 2.87. The Labute approximate surface area is 127 Å². The van der Waals surface area contributed by atoms with Gasteiger partial charge in [0, 0.05) is 11.5 Å². The molecule has 108 valence electrons. The number of halogens is 1. The molecule has 20 heavy (non-hydrogen) atoms. The van der Waals surface area contributed by atoms with E-state index in [1.165, 1.54) is 0 Å². The van der Waals surface area contributed by atoms with Crippen molar-refractivity contribution in [1.29, 1.82) is 0 Å². The molecule has 1 heterocycles. The molecule has 1 atom stereocenters. The molecule has 1 aromatic carbocycles. The van der Waals surface area contributed by atoms with Crippen molar-refractivity contribution in [2.75, 3.05) is 6.61 Å². The van der Waals surface area contributed by atoms with E-state index in [-0.39, 0.29) is 11.9 Å². The molecule has 0 radical (unpaired) electrons. The lowest BCUT2D eigenvalue weighted by Gasteiger charge is -2.14. The van der Waals surface area contributed by atoms with Gasteiger partial charge in [0.2, 0.25) is 0 Å². The van der Waals surface area contributed by atoms with Gasteiger partial charge in [-0.3, -0.25) is 4.79 Å². The lowest BCUT2D eigenvalue weighted by molar-refractivity contribution is -0.145. The first-order chi connectivity index (χ1) is 9.58. The summed E-state index contributed by atoms with van der Waals surface area (Å²) in [7, 11) is 1.94. The molecule has 1 unspecified atom stereocenters. The molecule has 0 aliphatic rings. The van der Waals surface area contributed by atoms with Crippen molar-refractivity contribution >= 4 is 32.9 Å². The summed E-state index contributed by atoms with van der Waals surface area (Å²) in [5.74, 6) is 0.293. The van der Waals surface area contributed by atoms with Gasteiger partial charge in [-0.1, -0.05) is 29.3 Å². The summed E-state index contributed by atoms with van der Waals surface area (Å²) in [6, 6.07) is 5.95.